The standard InChI is InChI=1S/C20H18FN7O/c1-20(2-3-20)29-16-6-12-14(7-13(16)21)26-19(12)15-8-17(23-10-22-15)27-4-5-28-18(9-27)24-11-25-28/h6-8,10-11H,2-5,9H2,1H3. The van der Waals surface area contributed by atoms with Crippen molar-refractivity contribution in [3.05, 3.63) is 53.8 Å². The van der Waals surface area contributed by atoms with E-state index in [1.165, 1.54) is 12.4 Å². The molecule has 2 aromatic heterocycles. The molecule has 0 N–H and O–H groups in total. The fourth-order valence-corrected chi connectivity index (χ4v) is 3.68. The fraction of sp³-hybridized carbons (Fsp3) is 0.350. The maximum absolute atomic E-state index is 14.3. The van der Waals surface area contributed by atoms with Gasteiger partial charge in [-0.15, -0.1) is 0 Å². The van der Waals surface area contributed by atoms with Crippen molar-refractivity contribution in [3.63, 3.8) is 0 Å². The van der Waals surface area contributed by atoms with Gasteiger partial charge in [-0.2, -0.15) is 5.10 Å². The van der Waals surface area contributed by atoms with Crippen molar-refractivity contribution in [2.75, 3.05) is 11.4 Å². The lowest BCUT2D eigenvalue weighted by Crippen LogP contribution is -2.35. The Kier molecular flexibility index (Phi) is 3.33. The smallest absolute Gasteiger partial charge is 0.167 e. The molecule has 29 heavy (non-hydrogen) atoms. The molecule has 1 saturated carbocycles. The predicted molar refractivity (Wildman–Crippen MR) is 103 cm³/mol. The molecule has 8 nitrogen and oxygen atoms in total. The van der Waals surface area contributed by atoms with E-state index in [0.717, 1.165) is 48.8 Å². The minimum absolute atomic E-state index is 0.243. The van der Waals surface area contributed by atoms with E-state index in [-0.39, 0.29) is 17.2 Å². The third-order valence-corrected chi connectivity index (χ3v) is 5.68. The third kappa shape index (κ3) is 2.76. The number of aromatic nitrogens is 5. The van der Waals surface area contributed by atoms with Gasteiger partial charge in [-0.25, -0.2) is 29.0 Å². The van der Waals surface area contributed by atoms with Gasteiger partial charge in [0.15, 0.2) is 11.6 Å². The van der Waals surface area contributed by atoms with Crippen LogP contribution in [-0.4, -0.2) is 42.6 Å². The van der Waals surface area contributed by atoms with E-state index in [9.17, 15) is 4.39 Å². The summed E-state index contributed by atoms with van der Waals surface area (Å²) in [6.45, 7) is 4.19. The Morgan fingerprint density at radius 1 is 1.07 bits per heavy atom. The first kappa shape index (κ1) is 16.6. The second-order valence-corrected chi connectivity index (χ2v) is 7.89. The lowest BCUT2D eigenvalue weighted by atomic mass is 9.98. The Labute approximate surface area is 166 Å². The molecule has 146 valence electrons. The van der Waals surface area contributed by atoms with Gasteiger partial charge >= 0.3 is 0 Å². The second-order valence-electron chi connectivity index (χ2n) is 7.89. The van der Waals surface area contributed by atoms with Gasteiger partial charge in [0.25, 0.3) is 0 Å². The number of ether oxygens (including phenoxy) is 1. The largest absolute Gasteiger partial charge is 0.484 e. The highest BCUT2D eigenvalue weighted by molar-refractivity contribution is 6.21. The molecular formula is C20H18FN7O. The number of anilines is 1. The molecule has 0 spiro atoms. The number of benzene rings is 1. The Bertz CT molecular complexity index is 1170. The third-order valence-electron chi connectivity index (χ3n) is 5.68. The molecule has 0 atom stereocenters. The average Bonchev–Trinajstić information content (AvgIpc) is 3.25. The zero-order chi connectivity index (χ0) is 19.6. The maximum Gasteiger partial charge on any atom is 0.167 e. The van der Waals surface area contributed by atoms with Gasteiger partial charge in [0.1, 0.15) is 29.9 Å². The molecule has 1 fully saturated rings. The van der Waals surface area contributed by atoms with Crippen LogP contribution in [0.15, 0.2) is 35.8 Å². The Morgan fingerprint density at radius 2 is 1.97 bits per heavy atom. The van der Waals surface area contributed by atoms with Crippen molar-refractivity contribution in [3.8, 4) is 5.75 Å². The number of rotatable bonds is 4. The summed E-state index contributed by atoms with van der Waals surface area (Å²) in [6.07, 6.45) is 5.01. The van der Waals surface area contributed by atoms with E-state index in [1.807, 2.05) is 17.7 Å². The molecule has 0 unspecified atom stereocenters. The zero-order valence-electron chi connectivity index (χ0n) is 15.8. The van der Waals surface area contributed by atoms with E-state index >= 15 is 0 Å². The van der Waals surface area contributed by atoms with Crippen molar-refractivity contribution in [2.24, 2.45) is 4.99 Å². The highest BCUT2D eigenvalue weighted by Gasteiger charge is 2.41. The first-order valence-electron chi connectivity index (χ1n) is 9.64. The number of hydrogen-bond acceptors (Lipinski definition) is 7. The molecule has 9 heteroatoms. The Hall–Kier alpha value is -3.36. The van der Waals surface area contributed by atoms with Gasteiger partial charge in [-0.05, 0) is 25.8 Å². The molecule has 0 bridgehead atoms. The van der Waals surface area contributed by atoms with Crippen LogP contribution >= 0.6 is 0 Å². The maximum atomic E-state index is 14.3. The van der Waals surface area contributed by atoms with Gasteiger partial charge in [0.05, 0.1) is 30.2 Å². The number of hydrogen-bond donors (Lipinski definition) is 0. The summed E-state index contributed by atoms with van der Waals surface area (Å²) >= 11 is 0. The van der Waals surface area contributed by atoms with E-state index in [1.54, 1.807) is 12.4 Å². The van der Waals surface area contributed by atoms with Crippen molar-refractivity contribution < 1.29 is 9.13 Å². The van der Waals surface area contributed by atoms with Crippen LogP contribution in [0.25, 0.3) is 0 Å². The molecule has 3 aromatic rings. The SMILES string of the molecule is CC1(Oc2cc3c(cc2F)N=C3c2cc(N3CCn4ncnc4C3)ncn2)CC1. The molecule has 0 radical (unpaired) electrons. The molecule has 6 rings (SSSR count). The topological polar surface area (TPSA) is 81.3 Å². The molecule has 0 amide bonds. The van der Waals surface area contributed by atoms with Crippen molar-refractivity contribution in [2.45, 2.75) is 38.5 Å². The molecular weight excluding hydrogens is 373 g/mol. The van der Waals surface area contributed by atoms with E-state index in [0.29, 0.717) is 17.9 Å². The normalized spacial score (nSPS) is 18.4. The fourth-order valence-electron chi connectivity index (χ4n) is 3.68. The number of halogens is 1. The molecule has 2 aliphatic heterocycles. The molecule has 3 aliphatic rings. The van der Waals surface area contributed by atoms with Crippen LogP contribution in [0.3, 0.4) is 0 Å². The first-order valence-corrected chi connectivity index (χ1v) is 9.64. The van der Waals surface area contributed by atoms with Gasteiger partial charge in [-0.1, -0.05) is 0 Å². The molecule has 4 heterocycles. The van der Waals surface area contributed by atoms with E-state index in [4.69, 9.17) is 4.74 Å². The summed E-state index contributed by atoms with van der Waals surface area (Å²) in [5.41, 5.74) is 2.68. The number of nitrogens with zero attached hydrogens (tertiary/aromatic N) is 7. The lowest BCUT2D eigenvalue weighted by molar-refractivity contribution is 0.191. The van der Waals surface area contributed by atoms with Crippen molar-refractivity contribution in [1.29, 1.82) is 0 Å². The molecule has 1 aliphatic carbocycles. The minimum atomic E-state index is -0.375. The first-order chi connectivity index (χ1) is 14.1. The second kappa shape index (κ2) is 5.82. The number of aliphatic imine (C=N–C) groups is 1. The van der Waals surface area contributed by atoms with Crippen LogP contribution in [0.5, 0.6) is 5.75 Å². The van der Waals surface area contributed by atoms with Crippen LogP contribution in [-0.2, 0) is 13.1 Å². The summed E-state index contributed by atoms with van der Waals surface area (Å²) in [5.74, 6) is 1.62. The van der Waals surface area contributed by atoms with Crippen LogP contribution in [0.4, 0.5) is 15.9 Å². The monoisotopic (exact) mass is 391 g/mol. The van der Waals surface area contributed by atoms with Gasteiger partial charge in [0.2, 0.25) is 0 Å². The summed E-state index contributed by atoms with van der Waals surface area (Å²) in [6, 6.07) is 5.08. The Morgan fingerprint density at radius 3 is 2.83 bits per heavy atom. The summed E-state index contributed by atoms with van der Waals surface area (Å²) in [5, 5.41) is 4.21. The van der Waals surface area contributed by atoms with Crippen LogP contribution in [0, 0.1) is 5.82 Å². The average molecular weight is 391 g/mol. The van der Waals surface area contributed by atoms with Crippen LogP contribution in [0.2, 0.25) is 0 Å². The summed E-state index contributed by atoms with van der Waals surface area (Å²) in [7, 11) is 0. The summed E-state index contributed by atoms with van der Waals surface area (Å²) in [4.78, 5) is 19.7. The zero-order valence-corrected chi connectivity index (χ0v) is 15.8. The van der Waals surface area contributed by atoms with Gasteiger partial charge in [-0.3, -0.25) is 0 Å². The van der Waals surface area contributed by atoms with Crippen LogP contribution in [0.1, 0.15) is 36.8 Å². The quantitative estimate of drug-likeness (QED) is 0.532. The summed E-state index contributed by atoms with van der Waals surface area (Å²) < 4.78 is 22.1. The highest BCUT2D eigenvalue weighted by Crippen LogP contribution is 2.43. The van der Waals surface area contributed by atoms with Crippen LogP contribution < -0.4 is 9.64 Å². The van der Waals surface area contributed by atoms with Gasteiger partial charge in [0, 0.05) is 24.2 Å². The van der Waals surface area contributed by atoms with E-state index in [2.05, 4.69) is 29.9 Å². The van der Waals surface area contributed by atoms with E-state index < -0.39 is 0 Å². The molecule has 1 aromatic carbocycles. The molecule has 0 saturated heterocycles. The number of fused-ring (bicyclic) bond motifs is 2. The lowest BCUT2D eigenvalue weighted by Gasteiger charge is -2.28. The van der Waals surface area contributed by atoms with Gasteiger partial charge < -0.3 is 9.64 Å². The predicted octanol–water partition coefficient (Wildman–Crippen LogP) is 2.64. The highest BCUT2D eigenvalue weighted by atomic mass is 19.1. The Balaban J connectivity index is 1.28. The van der Waals surface area contributed by atoms with Crippen molar-refractivity contribution in [1.82, 2.24) is 24.7 Å². The van der Waals surface area contributed by atoms with Crippen molar-refractivity contribution >= 4 is 17.2 Å². The minimum Gasteiger partial charge on any atom is -0.484 e.